The largest absolute Gasteiger partial charge is 0.491 e. The van der Waals surface area contributed by atoms with Crippen LogP contribution in [0.2, 0.25) is 0 Å². The van der Waals surface area contributed by atoms with Crippen LogP contribution in [0.15, 0.2) is 23.1 Å². The molecule has 0 spiro atoms. The molecular weight excluding hydrogens is 360 g/mol. The molecule has 2 atom stereocenters. The van der Waals surface area contributed by atoms with Crippen molar-refractivity contribution in [2.45, 2.75) is 23.1 Å². The Morgan fingerprint density at radius 2 is 2.00 bits per heavy atom. The van der Waals surface area contributed by atoms with Gasteiger partial charge in [0.25, 0.3) is 0 Å². The molecule has 25 heavy (non-hydrogen) atoms. The minimum absolute atomic E-state index is 0.225. The van der Waals surface area contributed by atoms with Gasteiger partial charge in [-0.15, -0.1) is 0 Å². The van der Waals surface area contributed by atoms with Crippen molar-refractivity contribution < 1.29 is 17.9 Å². The molecule has 2 rings (SSSR count). The van der Waals surface area contributed by atoms with Crippen LogP contribution >= 0.6 is 11.8 Å². The zero-order valence-corrected chi connectivity index (χ0v) is 17.2. The van der Waals surface area contributed by atoms with E-state index in [9.17, 15) is 8.42 Å². The third kappa shape index (κ3) is 4.68. The summed E-state index contributed by atoms with van der Waals surface area (Å²) in [6.45, 7) is 3.85. The van der Waals surface area contributed by atoms with Gasteiger partial charge in [0.2, 0.25) is 10.0 Å². The fourth-order valence-corrected chi connectivity index (χ4v) is 5.61. The Balaban J connectivity index is 2.18. The van der Waals surface area contributed by atoms with Gasteiger partial charge >= 0.3 is 0 Å². The molecule has 1 heterocycles. The van der Waals surface area contributed by atoms with E-state index < -0.39 is 10.0 Å². The number of likely N-dealkylation sites (N-methyl/N-ethyl adjacent to an activating group) is 1. The number of benzene rings is 1. The molecular formula is C17H28N2O4S2. The second kappa shape index (κ2) is 8.73. The lowest BCUT2D eigenvalue weighted by Gasteiger charge is -2.23. The first-order chi connectivity index (χ1) is 11.8. The van der Waals surface area contributed by atoms with E-state index in [4.69, 9.17) is 9.47 Å². The molecule has 1 aliphatic heterocycles. The van der Waals surface area contributed by atoms with Crippen molar-refractivity contribution >= 4 is 21.8 Å². The molecule has 0 radical (unpaired) electrons. The van der Waals surface area contributed by atoms with Crippen LogP contribution < -0.4 is 4.74 Å². The van der Waals surface area contributed by atoms with E-state index >= 15 is 0 Å². The number of nitrogens with zero attached hydrogens (tertiary/aromatic N) is 2. The summed E-state index contributed by atoms with van der Waals surface area (Å²) in [6.07, 6.45) is 2.04. The highest BCUT2D eigenvalue weighted by molar-refractivity contribution is 7.99. The highest BCUT2D eigenvalue weighted by atomic mass is 32.2. The van der Waals surface area contributed by atoms with Gasteiger partial charge in [0.1, 0.15) is 12.4 Å². The van der Waals surface area contributed by atoms with Gasteiger partial charge in [0.15, 0.2) is 0 Å². The first kappa shape index (κ1) is 20.5. The molecule has 0 aromatic heterocycles. The minimum atomic E-state index is -3.50. The van der Waals surface area contributed by atoms with E-state index in [1.807, 2.05) is 27.3 Å². The topological polar surface area (TPSA) is 59.1 Å². The summed E-state index contributed by atoms with van der Waals surface area (Å²) in [5, 5.41) is 0.280. The smallest absolute Gasteiger partial charge is 0.243 e. The van der Waals surface area contributed by atoms with Crippen molar-refractivity contribution in [1.82, 2.24) is 9.21 Å². The SMILES string of the molecule is COCCOc1ccc(S(=O)(=O)N2C[C@@H](SC)[C@@H](N(C)C)C2)cc1C. The van der Waals surface area contributed by atoms with Gasteiger partial charge in [-0.3, -0.25) is 0 Å². The number of hydrogen-bond donors (Lipinski definition) is 0. The van der Waals surface area contributed by atoms with Crippen molar-refractivity contribution in [3.8, 4) is 5.75 Å². The number of ether oxygens (including phenoxy) is 2. The highest BCUT2D eigenvalue weighted by Crippen LogP contribution is 2.30. The van der Waals surface area contributed by atoms with Crippen LogP contribution in [0.3, 0.4) is 0 Å². The number of rotatable bonds is 8. The Morgan fingerprint density at radius 1 is 1.28 bits per heavy atom. The lowest BCUT2D eigenvalue weighted by atomic mass is 10.2. The standard InChI is InChI=1S/C17H28N2O4S2/c1-13-10-14(6-7-16(13)23-9-8-22-4)25(20,21)19-11-15(18(2)3)17(12-19)24-5/h6-7,10,15,17H,8-9,11-12H2,1-5H3/t15-,17+/m0/s1. The summed E-state index contributed by atoms with van der Waals surface area (Å²) < 4.78 is 38.2. The summed E-state index contributed by atoms with van der Waals surface area (Å²) in [6, 6.07) is 5.27. The normalized spacial score (nSPS) is 21.8. The predicted octanol–water partition coefficient (Wildman–Crippen LogP) is 1.69. The van der Waals surface area contributed by atoms with E-state index in [0.29, 0.717) is 36.9 Å². The van der Waals surface area contributed by atoms with Crippen molar-refractivity contribution in [1.29, 1.82) is 0 Å². The van der Waals surface area contributed by atoms with Gasteiger partial charge < -0.3 is 14.4 Å². The molecule has 1 aromatic rings. The molecule has 1 aliphatic rings. The first-order valence-corrected chi connectivity index (χ1v) is 11.0. The summed E-state index contributed by atoms with van der Waals surface area (Å²) in [5.41, 5.74) is 0.807. The van der Waals surface area contributed by atoms with E-state index in [0.717, 1.165) is 5.56 Å². The minimum Gasteiger partial charge on any atom is -0.491 e. The van der Waals surface area contributed by atoms with Crippen molar-refractivity contribution in [3.63, 3.8) is 0 Å². The molecule has 8 heteroatoms. The Morgan fingerprint density at radius 3 is 2.52 bits per heavy atom. The van der Waals surface area contributed by atoms with Crippen molar-refractivity contribution in [3.05, 3.63) is 23.8 Å². The fourth-order valence-electron chi connectivity index (χ4n) is 2.98. The average Bonchev–Trinajstić information content (AvgIpc) is 3.02. The molecule has 142 valence electrons. The monoisotopic (exact) mass is 388 g/mol. The third-order valence-corrected chi connectivity index (χ3v) is 7.40. The van der Waals surface area contributed by atoms with Gasteiger partial charge in [-0.05, 0) is 51.0 Å². The summed E-state index contributed by atoms with van der Waals surface area (Å²) in [5.74, 6) is 0.686. The zero-order valence-electron chi connectivity index (χ0n) is 15.6. The fraction of sp³-hybridized carbons (Fsp3) is 0.647. The van der Waals surface area contributed by atoms with Crippen molar-refractivity contribution in [2.75, 3.05) is 53.8 Å². The number of aryl methyl sites for hydroxylation is 1. The number of thioether (sulfide) groups is 1. The molecule has 0 unspecified atom stereocenters. The first-order valence-electron chi connectivity index (χ1n) is 8.23. The van der Waals surface area contributed by atoms with Crippen LogP contribution in [-0.2, 0) is 14.8 Å². The van der Waals surface area contributed by atoms with Crippen LogP contribution in [0.1, 0.15) is 5.56 Å². The molecule has 6 nitrogen and oxygen atoms in total. The quantitative estimate of drug-likeness (QED) is 0.632. The van der Waals surface area contributed by atoms with Crippen molar-refractivity contribution in [2.24, 2.45) is 0 Å². The highest BCUT2D eigenvalue weighted by Gasteiger charge is 2.40. The Kier molecular flexibility index (Phi) is 7.16. The molecule has 0 saturated carbocycles. The van der Waals surface area contributed by atoms with Gasteiger partial charge in [0.05, 0.1) is 11.5 Å². The van der Waals surface area contributed by atoms with Crippen LogP contribution in [-0.4, -0.2) is 82.7 Å². The lowest BCUT2D eigenvalue weighted by molar-refractivity contribution is 0.146. The summed E-state index contributed by atoms with van der Waals surface area (Å²) in [7, 11) is 2.12. The maximum Gasteiger partial charge on any atom is 0.243 e. The van der Waals surface area contributed by atoms with Crippen LogP contribution in [0, 0.1) is 6.92 Å². The van der Waals surface area contributed by atoms with Crippen LogP contribution in [0.4, 0.5) is 0 Å². The number of hydrogen-bond acceptors (Lipinski definition) is 6. The maximum atomic E-state index is 13.0. The molecule has 0 N–H and O–H groups in total. The summed E-state index contributed by atoms with van der Waals surface area (Å²) >= 11 is 1.72. The van der Waals surface area contributed by atoms with Crippen LogP contribution in [0.25, 0.3) is 0 Å². The van der Waals surface area contributed by atoms with Gasteiger partial charge in [0, 0.05) is 31.5 Å². The molecule has 1 saturated heterocycles. The average molecular weight is 389 g/mol. The maximum absolute atomic E-state index is 13.0. The molecule has 0 amide bonds. The second-order valence-corrected chi connectivity index (χ2v) is 9.41. The Labute approximate surface area is 155 Å². The molecule has 1 fully saturated rings. The number of methoxy groups -OCH3 is 1. The number of sulfonamides is 1. The third-order valence-electron chi connectivity index (χ3n) is 4.50. The van der Waals surface area contributed by atoms with E-state index in [2.05, 4.69) is 4.90 Å². The van der Waals surface area contributed by atoms with Gasteiger partial charge in [-0.1, -0.05) is 0 Å². The molecule has 0 aliphatic carbocycles. The summed E-state index contributed by atoms with van der Waals surface area (Å²) in [4.78, 5) is 2.43. The van der Waals surface area contributed by atoms with E-state index in [1.54, 1.807) is 41.4 Å². The lowest BCUT2D eigenvalue weighted by Crippen LogP contribution is -2.37. The molecule has 0 bridgehead atoms. The Hall–Kier alpha value is -0.800. The van der Waals surface area contributed by atoms with Gasteiger partial charge in [-0.25, -0.2) is 8.42 Å². The molecule has 1 aromatic carbocycles. The predicted molar refractivity (Wildman–Crippen MR) is 102 cm³/mol. The van der Waals surface area contributed by atoms with E-state index in [1.165, 1.54) is 0 Å². The van der Waals surface area contributed by atoms with Crippen LogP contribution in [0.5, 0.6) is 5.75 Å². The van der Waals surface area contributed by atoms with E-state index in [-0.39, 0.29) is 11.3 Å². The van der Waals surface area contributed by atoms with Gasteiger partial charge in [-0.2, -0.15) is 16.1 Å². The zero-order chi connectivity index (χ0) is 18.6. The Bertz CT molecular complexity index is 679. The second-order valence-electron chi connectivity index (χ2n) is 6.40.